The zero-order valence-electron chi connectivity index (χ0n) is 29.8. The number of para-hydroxylation sites is 3. The summed E-state index contributed by atoms with van der Waals surface area (Å²) in [6, 6.07) is 68.0. The van der Waals surface area contributed by atoms with E-state index in [2.05, 4.69) is 195 Å². The first-order valence-corrected chi connectivity index (χ1v) is 18.3. The van der Waals surface area contributed by atoms with Gasteiger partial charge in [0.1, 0.15) is 11.2 Å². The average molecular weight is 680 g/mol. The number of rotatable bonds is 6. The van der Waals surface area contributed by atoms with Crippen LogP contribution in [-0.2, 0) is 5.41 Å². The van der Waals surface area contributed by atoms with Crippen molar-refractivity contribution in [2.45, 2.75) is 19.3 Å². The monoisotopic (exact) mass is 679 g/mol. The molecule has 1 aliphatic carbocycles. The normalized spacial score (nSPS) is 12.9. The van der Waals surface area contributed by atoms with Crippen molar-refractivity contribution in [3.63, 3.8) is 0 Å². The number of anilines is 3. The average Bonchev–Trinajstić information content (AvgIpc) is 3.70. The highest BCUT2D eigenvalue weighted by Gasteiger charge is 2.35. The highest BCUT2D eigenvalue weighted by molar-refractivity contribution is 6.06. The minimum Gasteiger partial charge on any atom is -0.456 e. The van der Waals surface area contributed by atoms with E-state index in [4.69, 9.17) is 4.42 Å². The van der Waals surface area contributed by atoms with Crippen LogP contribution in [0.25, 0.3) is 66.4 Å². The molecule has 0 N–H and O–H groups in total. The van der Waals surface area contributed by atoms with Crippen molar-refractivity contribution in [3.8, 4) is 44.5 Å². The minimum absolute atomic E-state index is 0.0401. The van der Waals surface area contributed by atoms with Crippen molar-refractivity contribution in [2.24, 2.45) is 0 Å². The zero-order chi connectivity index (χ0) is 35.5. The molecule has 2 heteroatoms. The van der Waals surface area contributed by atoms with Gasteiger partial charge in [0.05, 0.1) is 11.4 Å². The molecule has 8 aromatic carbocycles. The van der Waals surface area contributed by atoms with Crippen LogP contribution in [0.4, 0.5) is 17.1 Å². The largest absolute Gasteiger partial charge is 0.456 e. The maximum atomic E-state index is 6.13. The first-order valence-electron chi connectivity index (χ1n) is 18.3. The second-order valence-electron chi connectivity index (χ2n) is 14.5. The third-order valence-corrected chi connectivity index (χ3v) is 11.1. The smallest absolute Gasteiger partial charge is 0.135 e. The summed E-state index contributed by atoms with van der Waals surface area (Å²) in [5, 5.41) is 2.27. The van der Waals surface area contributed by atoms with Crippen LogP contribution in [0.1, 0.15) is 25.0 Å². The highest BCUT2D eigenvalue weighted by Crippen LogP contribution is 2.51. The summed E-state index contributed by atoms with van der Waals surface area (Å²) in [5.74, 6) is 0. The summed E-state index contributed by atoms with van der Waals surface area (Å²) in [5.41, 5.74) is 17.6. The Morgan fingerprint density at radius 2 is 0.943 bits per heavy atom. The molecule has 0 aliphatic heterocycles. The quantitative estimate of drug-likeness (QED) is 0.174. The van der Waals surface area contributed by atoms with Crippen molar-refractivity contribution in [2.75, 3.05) is 4.90 Å². The fourth-order valence-corrected chi connectivity index (χ4v) is 8.45. The van der Waals surface area contributed by atoms with E-state index < -0.39 is 0 Å². The van der Waals surface area contributed by atoms with Crippen LogP contribution >= 0.6 is 0 Å². The number of hydrogen-bond acceptors (Lipinski definition) is 2. The van der Waals surface area contributed by atoms with Crippen LogP contribution < -0.4 is 4.90 Å². The fourth-order valence-electron chi connectivity index (χ4n) is 8.45. The Morgan fingerprint density at radius 3 is 1.72 bits per heavy atom. The van der Waals surface area contributed by atoms with Crippen LogP contribution in [0.2, 0.25) is 0 Å². The SMILES string of the molecule is CC1(C)c2ccccc2-c2cc(-c3ccccc3N(c3ccc(-c4ccc5oc6ccccc6c5c4)cc3)c3ccccc3-c3ccccc3)ccc21. The van der Waals surface area contributed by atoms with E-state index in [0.717, 1.165) is 50.1 Å². The number of nitrogens with zero attached hydrogens (tertiary/aromatic N) is 1. The number of fused-ring (bicyclic) bond motifs is 6. The van der Waals surface area contributed by atoms with Gasteiger partial charge in [0.2, 0.25) is 0 Å². The predicted octanol–water partition coefficient (Wildman–Crippen LogP) is 14.4. The van der Waals surface area contributed by atoms with E-state index in [0.29, 0.717) is 0 Å². The lowest BCUT2D eigenvalue weighted by atomic mass is 9.82. The Morgan fingerprint density at radius 1 is 0.377 bits per heavy atom. The number of benzene rings is 8. The fraction of sp³-hybridized carbons (Fsp3) is 0.0588. The third kappa shape index (κ3) is 5.10. The van der Waals surface area contributed by atoms with E-state index in [1.165, 1.54) is 44.5 Å². The van der Waals surface area contributed by atoms with Crippen LogP contribution in [0.3, 0.4) is 0 Å². The van der Waals surface area contributed by atoms with Crippen molar-refractivity contribution in [1.29, 1.82) is 0 Å². The number of furan rings is 1. The maximum absolute atomic E-state index is 6.13. The Bertz CT molecular complexity index is 2810. The van der Waals surface area contributed by atoms with E-state index in [-0.39, 0.29) is 5.41 Å². The van der Waals surface area contributed by atoms with Crippen molar-refractivity contribution < 1.29 is 4.42 Å². The lowest BCUT2D eigenvalue weighted by molar-refractivity contribution is 0.660. The van der Waals surface area contributed by atoms with Gasteiger partial charge in [-0.25, -0.2) is 0 Å². The van der Waals surface area contributed by atoms with Gasteiger partial charge in [0.15, 0.2) is 0 Å². The van der Waals surface area contributed by atoms with Gasteiger partial charge in [-0.2, -0.15) is 0 Å². The van der Waals surface area contributed by atoms with Crippen LogP contribution in [-0.4, -0.2) is 0 Å². The lowest BCUT2D eigenvalue weighted by Crippen LogP contribution is -2.14. The molecule has 0 unspecified atom stereocenters. The molecular weight excluding hydrogens is 643 g/mol. The molecule has 1 heterocycles. The molecule has 252 valence electrons. The summed E-state index contributed by atoms with van der Waals surface area (Å²) >= 11 is 0. The summed E-state index contributed by atoms with van der Waals surface area (Å²) in [4.78, 5) is 2.43. The Labute approximate surface area is 310 Å². The lowest BCUT2D eigenvalue weighted by Gasteiger charge is -2.30. The van der Waals surface area contributed by atoms with Crippen LogP contribution in [0.15, 0.2) is 192 Å². The molecule has 10 rings (SSSR count). The van der Waals surface area contributed by atoms with Crippen molar-refractivity contribution in [1.82, 2.24) is 0 Å². The molecule has 0 bridgehead atoms. The second-order valence-corrected chi connectivity index (χ2v) is 14.5. The number of hydrogen-bond donors (Lipinski definition) is 0. The van der Waals surface area contributed by atoms with Crippen LogP contribution in [0.5, 0.6) is 0 Å². The van der Waals surface area contributed by atoms with Gasteiger partial charge in [-0.3, -0.25) is 0 Å². The summed E-state index contributed by atoms with van der Waals surface area (Å²) in [7, 11) is 0. The molecule has 0 fully saturated rings. The summed E-state index contributed by atoms with van der Waals surface area (Å²) in [6.07, 6.45) is 0. The first kappa shape index (κ1) is 31.1. The molecule has 0 saturated heterocycles. The molecule has 0 radical (unpaired) electrons. The van der Waals surface area contributed by atoms with Crippen LogP contribution in [0, 0.1) is 0 Å². The summed E-state index contributed by atoms with van der Waals surface area (Å²) in [6.45, 7) is 4.68. The Hall–Kier alpha value is -6.64. The standard InChI is InChI=1S/C51H37NO/c1-51(2)45-20-10-6-18-41(45)43-33-37(26-30-46(43)51)40-17-8-12-22-48(40)52(47-21-11-7-16-39(47)35-14-4-3-5-15-35)38-28-24-34(25-29-38)36-27-31-50-44(32-36)42-19-9-13-23-49(42)53-50/h3-33H,1-2H3. The first-order chi connectivity index (χ1) is 26.0. The molecule has 9 aromatic rings. The second kappa shape index (κ2) is 12.3. The third-order valence-electron chi connectivity index (χ3n) is 11.1. The molecule has 1 aromatic heterocycles. The van der Waals surface area contributed by atoms with Gasteiger partial charge in [0.25, 0.3) is 0 Å². The molecular formula is C51H37NO. The maximum Gasteiger partial charge on any atom is 0.135 e. The van der Waals surface area contributed by atoms with Gasteiger partial charge in [0, 0.05) is 33.0 Å². The van der Waals surface area contributed by atoms with Crippen molar-refractivity contribution >= 4 is 39.0 Å². The minimum atomic E-state index is -0.0401. The molecule has 1 aliphatic rings. The molecule has 0 spiro atoms. The van der Waals surface area contributed by atoms with E-state index in [1.807, 2.05) is 12.1 Å². The molecule has 0 atom stereocenters. The molecule has 53 heavy (non-hydrogen) atoms. The van der Waals surface area contributed by atoms with Gasteiger partial charge in [-0.15, -0.1) is 0 Å². The van der Waals surface area contributed by atoms with Gasteiger partial charge in [-0.05, 0) is 93.0 Å². The topological polar surface area (TPSA) is 16.4 Å². The van der Waals surface area contributed by atoms with Gasteiger partial charge in [-0.1, -0.05) is 153 Å². The van der Waals surface area contributed by atoms with E-state index >= 15 is 0 Å². The molecule has 0 amide bonds. The van der Waals surface area contributed by atoms with Crippen molar-refractivity contribution in [3.05, 3.63) is 199 Å². The van der Waals surface area contributed by atoms with E-state index in [9.17, 15) is 0 Å². The molecule has 2 nitrogen and oxygen atoms in total. The Balaban J connectivity index is 1.13. The predicted molar refractivity (Wildman–Crippen MR) is 222 cm³/mol. The summed E-state index contributed by atoms with van der Waals surface area (Å²) < 4.78 is 6.13. The molecule has 0 saturated carbocycles. The highest BCUT2D eigenvalue weighted by atomic mass is 16.3. The zero-order valence-corrected chi connectivity index (χ0v) is 29.8. The van der Waals surface area contributed by atoms with E-state index in [1.54, 1.807) is 0 Å². The Kier molecular flexibility index (Phi) is 7.19. The van der Waals surface area contributed by atoms with Gasteiger partial charge < -0.3 is 9.32 Å². The van der Waals surface area contributed by atoms with Gasteiger partial charge >= 0.3 is 0 Å².